The summed E-state index contributed by atoms with van der Waals surface area (Å²) in [6, 6.07) is 18.9. The maximum Gasteiger partial charge on any atom is 0.254 e. The molecule has 8 nitrogen and oxygen atoms in total. The number of fused-ring (bicyclic) bond motifs is 2. The number of benzene rings is 2. The quantitative estimate of drug-likeness (QED) is 0.253. The number of para-hydroxylation sites is 2. The number of hydrogen-bond donors (Lipinski definition) is 2. The Morgan fingerprint density at radius 3 is 1.31 bits per heavy atom. The number of aromatic nitrogens is 2. The molecule has 2 N–H and O–H groups in total. The fourth-order valence-corrected chi connectivity index (χ4v) is 2.84. The van der Waals surface area contributed by atoms with Crippen molar-refractivity contribution in [3.8, 4) is 11.5 Å². The van der Waals surface area contributed by atoms with Gasteiger partial charge < -0.3 is 19.3 Å². The third kappa shape index (κ3) is 6.39. The van der Waals surface area contributed by atoms with Gasteiger partial charge in [-0.3, -0.25) is 8.42 Å². The molecule has 4 rings (SSSR count). The summed E-state index contributed by atoms with van der Waals surface area (Å²) < 4.78 is 37.9. The van der Waals surface area contributed by atoms with Crippen molar-refractivity contribution in [2.75, 3.05) is 0 Å². The van der Waals surface area contributed by atoms with Crippen LogP contribution in [0, 0.1) is 0 Å². The Balaban J connectivity index is 0.000000170. The summed E-state index contributed by atoms with van der Waals surface area (Å²) in [6.07, 6.45) is 3.84. The third-order valence-corrected chi connectivity index (χ3v) is 3.97. The van der Waals surface area contributed by atoms with Gasteiger partial charge in [0, 0.05) is 22.5 Å². The van der Waals surface area contributed by atoms with Crippen molar-refractivity contribution in [1.29, 1.82) is 0 Å². The number of rotatable bonds is 0. The van der Waals surface area contributed by atoms with Gasteiger partial charge in [-0.25, -0.2) is 0 Å². The zero-order chi connectivity index (χ0) is 21.6. The van der Waals surface area contributed by atoms with E-state index >= 15 is 0 Å². The Labute approximate surface area is 168 Å². The van der Waals surface area contributed by atoms with Gasteiger partial charge in [-0.2, -0.15) is 9.13 Å². The van der Waals surface area contributed by atoms with E-state index in [0.717, 1.165) is 21.8 Å². The van der Waals surface area contributed by atoms with Crippen LogP contribution in [0.25, 0.3) is 21.8 Å². The molecule has 0 aliphatic heterocycles. The first-order valence-electron chi connectivity index (χ1n) is 8.37. The minimum Gasteiger partial charge on any atom is -0.759 e. The van der Waals surface area contributed by atoms with Crippen LogP contribution in [0.15, 0.2) is 73.1 Å². The van der Waals surface area contributed by atoms with E-state index in [1.165, 1.54) is 0 Å². The molecule has 9 heteroatoms. The summed E-state index contributed by atoms with van der Waals surface area (Å²) in [5.41, 5.74) is 1.75. The lowest BCUT2D eigenvalue weighted by Gasteiger charge is -2.06. The predicted octanol–water partition coefficient (Wildman–Crippen LogP) is 1.40. The van der Waals surface area contributed by atoms with Gasteiger partial charge in [-0.05, 0) is 36.4 Å². The van der Waals surface area contributed by atoms with Gasteiger partial charge in [0.25, 0.3) is 11.0 Å². The fraction of sp³-hybridized carbons (Fsp3) is 0.100. The summed E-state index contributed by atoms with van der Waals surface area (Å²) in [7, 11) is -1.33. The Morgan fingerprint density at radius 2 is 1.00 bits per heavy atom. The van der Waals surface area contributed by atoms with Crippen molar-refractivity contribution in [3.05, 3.63) is 73.1 Å². The number of phenols is 2. The maximum absolute atomic E-state index is 9.53. The van der Waals surface area contributed by atoms with Crippen LogP contribution in [-0.4, -0.2) is 27.7 Å². The number of phenolic OH excluding ortho intramolecular Hbond substituents is 2. The molecular weight excluding hydrogens is 396 g/mol. The second-order valence-corrected chi connectivity index (χ2v) is 6.89. The van der Waals surface area contributed by atoms with Gasteiger partial charge in [0.15, 0.2) is 23.9 Å². The van der Waals surface area contributed by atoms with Gasteiger partial charge in [-0.15, -0.1) is 0 Å². The van der Waals surface area contributed by atoms with E-state index in [1.807, 2.05) is 84.2 Å². The highest BCUT2D eigenvalue weighted by molar-refractivity contribution is 7.79. The van der Waals surface area contributed by atoms with Crippen LogP contribution >= 0.6 is 0 Å². The van der Waals surface area contributed by atoms with E-state index in [0.29, 0.717) is 11.5 Å². The van der Waals surface area contributed by atoms with Crippen LogP contribution < -0.4 is 9.13 Å². The average Bonchev–Trinajstić information content (AvgIpc) is 2.61. The van der Waals surface area contributed by atoms with Crippen molar-refractivity contribution in [3.63, 3.8) is 0 Å². The van der Waals surface area contributed by atoms with Gasteiger partial charge in [0.05, 0.1) is 10.8 Å². The second kappa shape index (κ2) is 9.28. The highest BCUT2D eigenvalue weighted by Gasteiger charge is 2.08. The maximum atomic E-state index is 9.53. The molecular formula is C20H20N2O6S. The molecule has 0 unspecified atom stereocenters. The standard InChI is InChI=1S/2C10H9NO.H2O4S/c2*1-11-7-3-5-8-4-2-6-9(12)10(8)11;1-5(2,3)4/h2*2-7H,1H3;(H2,1,2,3,4). The zero-order valence-electron chi connectivity index (χ0n) is 15.8. The monoisotopic (exact) mass is 416 g/mol. The smallest absolute Gasteiger partial charge is 0.254 e. The largest absolute Gasteiger partial charge is 0.759 e. The third-order valence-electron chi connectivity index (χ3n) is 3.97. The minimum atomic E-state index is -5.17. The lowest BCUT2D eigenvalue weighted by Crippen LogP contribution is -2.27. The molecule has 0 radical (unpaired) electrons. The first-order chi connectivity index (χ1) is 13.6. The summed E-state index contributed by atoms with van der Waals surface area (Å²) in [6.45, 7) is 0. The van der Waals surface area contributed by atoms with E-state index in [2.05, 4.69) is 0 Å². The molecule has 0 atom stereocenters. The van der Waals surface area contributed by atoms with Gasteiger partial charge in [-0.1, -0.05) is 12.1 Å². The van der Waals surface area contributed by atoms with Crippen molar-refractivity contribution < 1.29 is 36.9 Å². The second-order valence-electron chi connectivity index (χ2n) is 6.08. The van der Waals surface area contributed by atoms with Crippen molar-refractivity contribution in [1.82, 2.24) is 0 Å². The van der Waals surface area contributed by atoms with Crippen molar-refractivity contribution in [2.24, 2.45) is 14.1 Å². The van der Waals surface area contributed by atoms with Crippen LogP contribution in [0.5, 0.6) is 11.5 Å². The van der Waals surface area contributed by atoms with Crippen LogP contribution in [0.3, 0.4) is 0 Å². The van der Waals surface area contributed by atoms with Gasteiger partial charge in [0.2, 0.25) is 0 Å². The van der Waals surface area contributed by atoms with Crippen LogP contribution in [0.2, 0.25) is 0 Å². The fourth-order valence-electron chi connectivity index (χ4n) is 2.84. The van der Waals surface area contributed by atoms with E-state index in [4.69, 9.17) is 17.5 Å². The Bertz CT molecular complexity index is 1080. The first-order valence-corrected chi connectivity index (χ1v) is 9.70. The Morgan fingerprint density at radius 1 is 0.690 bits per heavy atom. The molecule has 0 saturated carbocycles. The number of aryl methyl sites for hydroxylation is 2. The molecule has 0 aliphatic carbocycles. The van der Waals surface area contributed by atoms with Gasteiger partial charge >= 0.3 is 0 Å². The molecule has 0 spiro atoms. The lowest BCUT2D eigenvalue weighted by molar-refractivity contribution is -0.645. The predicted molar refractivity (Wildman–Crippen MR) is 104 cm³/mol. The van der Waals surface area contributed by atoms with E-state index in [9.17, 15) is 10.2 Å². The topological polar surface area (TPSA) is 128 Å². The molecule has 0 fully saturated rings. The Kier molecular flexibility index (Phi) is 7.05. The van der Waals surface area contributed by atoms with Crippen molar-refractivity contribution in [2.45, 2.75) is 0 Å². The SMILES string of the molecule is C[n+]1cccc2cccc(O)c21.C[n+]1cccc2cccc(O)c21.O=S(=O)([O-])[O-]. The number of nitrogens with zero attached hydrogens (tertiary/aromatic N) is 2. The highest BCUT2D eigenvalue weighted by Crippen LogP contribution is 2.20. The zero-order valence-corrected chi connectivity index (χ0v) is 16.6. The van der Waals surface area contributed by atoms with E-state index in [1.54, 1.807) is 12.1 Å². The van der Waals surface area contributed by atoms with Gasteiger partial charge in [0.1, 0.15) is 14.1 Å². The first kappa shape index (κ1) is 22.0. The normalized spacial score (nSPS) is 10.6. The van der Waals surface area contributed by atoms with Crippen LogP contribution in [-0.2, 0) is 24.5 Å². The molecule has 2 aromatic heterocycles. The van der Waals surface area contributed by atoms with E-state index in [-0.39, 0.29) is 0 Å². The number of pyridine rings is 2. The number of aromatic hydroxyl groups is 2. The number of hydrogen-bond acceptors (Lipinski definition) is 6. The molecule has 0 saturated heterocycles. The summed E-state index contributed by atoms with van der Waals surface area (Å²) >= 11 is 0. The highest BCUT2D eigenvalue weighted by atomic mass is 32.3. The molecule has 29 heavy (non-hydrogen) atoms. The molecule has 0 bridgehead atoms. The average molecular weight is 416 g/mol. The Hall–Kier alpha value is -3.27. The summed E-state index contributed by atoms with van der Waals surface area (Å²) in [5, 5.41) is 21.2. The molecule has 2 heterocycles. The minimum absolute atomic E-state index is 0.329. The molecule has 2 aromatic carbocycles. The molecule has 0 amide bonds. The van der Waals surface area contributed by atoms with Crippen LogP contribution in [0.4, 0.5) is 0 Å². The molecule has 152 valence electrons. The lowest BCUT2D eigenvalue weighted by atomic mass is 10.2. The van der Waals surface area contributed by atoms with Crippen molar-refractivity contribution >= 4 is 32.2 Å². The summed E-state index contributed by atoms with van der Waals surface area (Å²) in [4.78, 5) is 0. The van der Waals surface area contributed by atoms with Crippen LogP contribution in [0.1, 0.15) is 0 Å². The molecule has 4 aromatic rings. The summed E-state index contributed by atoms with van der Waals surface area (Å²) in [5.74, 6) is 0.659. The molecule has 0 aliphatic rings. The van der Waals surface area contributed by atoms with E-state index < -0.39 is 10.4 Å².